The SMILES string of the molecule is CCOC(=O)[C@H]1C2CCC(CC2)[C@@H]1Nc1nc(-c2nn(C(c3ccccc3)(c3ccccc3)c3ccccc3)c3ncc(F)cc23)nc2c1ccn2C. The van der Waals surface area contributed by atoms with Crippen molar-refractivity contribution >= 4 is 33.9 Å². The first-order chi connectivity index (χ1) is 26.0. The molecule has 0 unspecified atom stereocenters. The van der Waals surface area contributed by atoms with E-state index in [1.54, 1.807) is 0 Å². The predicted octanol–water partition coefficient (Wildman–Crippen LogP) is 8.14. The molecule has 0 radical (unpaired) electrons. The number of hydrogen-bond donors (Lipinski definition) is 1. The van der Waals surface area contributed by atoms with Crippen molar-refractivity contribution in [2.45, 2.75) is 44.2 Å². The fourth-order valence-corrected chi connectivity index (χ4v) is 9.03. The van der Waals surface area contributed by atoms with Gasteiger partial charge in [0.1, 0.15) is 28.5 Å². The maximum absolute atomic E-state index is 15.3. The molecule has 7 aromatic rings. The van der Waals surface area contributed by atoms with E-state index in [0.717, 1.165) is 47.8 Å². The van der Waals surface area contributed by atoms with E-state index in [-0.39, 0.29) is 23.8 Å². The van der Waals surface area contributed by atoms with Gasteiger partial charge in [0.05, 0.1) is 29.5 Å². The van der Waals surface area contributed by atoms with Crippen molar-refractivity contribution in [3.05, 3.63) is 138 Å². The molecule has 9 nitrogen and oxygen atoms in total. The van der Waals surface area contributed by atoms with E-state index in [1.165, 1.54) is 12.3 Å². The molecule has 3 fully saturated rings. The van der Waals surface area contributed by atoms with E-state index in [2.05, 4.69) is 41.7 Å². The molecule has 4 heterocycles. The molecule has 3 aromatic carbocycles. The lowest BCUT2D eigenvalue weighted by atomic mass is 9.61. The van der Waals surface area contributed by atoms with E-state index < -0.39 is 11.4 Å². The summed E-state index contributed by atoms with van der Waals surface area (Å²) >= 11 is 0. The predicted molar refractivity (Wildman–Crippen MR) is 203 cm³/mol. The van der Waals surface area contributed by atoms with Gasteiger partial charge in [0.25, 0.3) is 0 Å². The maximum Gasteiger partial charge on any atom is 0.311 e. The van der Waals surface area contributed by atoms with Crippen LogP contribution < -0.4 is 5.32 Å². The number of aromatic nitrogens is 6. The number of anilines is 1. The first kappa shape index (κ1) is 33.0. The van der Waals surface area contributed by atoms with E-state index in [1.807, 2.05) is 90.1 Å². The van der Waals surface area contributed by atoms with Crippen molar-refractivity contribution in [2.75, 3.05) is 11.9 Å². The van der Waals surface area contributed by atoms with Gasteiger partial charge in [-0.05, 0) is 73.3 Å². The Morgan fingerprint density at radius 2 is 1.43 bits per heavy atom. The number of esters is 1. The van der Waals surface area contributed by atoms with Crippen molar-refractivity contribution in [1.29, 1.82) is 0 Å². The van der Waals surface area contributed by atoms with Gasteiger partial charge in [-0.2, -0.15) is 5.10 Å². The number of halogens is 1. The Kier molecular flexibility index (Phi) is 8.25. The molecule has 10 rings (SSSR count). The summed E-state index contributed by atoms with van der Waals surface area (Å²) in [5, 5.41) is 10.4. The van der Waals surface area contributed by atoms with Crippen LogP contribution in [0.1, 0.15) is 49.3 Å². The Bertz CT molecular complexity index is 2330. The van der Waals surface area contributed by atoms with Crippen molar-refractivity contribution in [3.63, 3.8) is 0 Å². The highest BCUT2D eigenvalue weighted by molar-refractivity contribution is 5.94. The highest BCUT2D eigenvalue weighted by atomic mass is 19.1. The minimum absolute atomic E-state index is 0.136. The third kappa shape index (κ3) is 5.38. The largest absolute Gasteiger partial charge is 0.466 e. The lowest BCUT2D eigenvalue weighted by Gasteiger charge is -2.47. The zero-order valence-electron chi connectivity index (χ0n) is 29.7. The molecule has 2 atom stereocenters. The molecule has 0 spiro atoms. The summed E-state index contributed by atoms with van der Waals surface area (Å²) in [5.74, 6) is 0.620. The Morgan fingerprint density at radius 1 is 0.830 bits per heavy atom. The van der Waals surface area contributed by atoms with Crippen LogP contribution in [-0.2, 0) is 22.1 Å². The van der Waals surface area contributed by atoms with Crippen LogP contribution in [-0.4, -0.2) is 47.9 Å². The Hall–Kier alpha value is -5.90. The van der Waals surface area contributed by atoms with E-state index in [0.29, 0.717) is 46.5 Å². The van der Waals surface area contributed by atoms with Gasteiger partial charge in [-0.25, -0.2) is 24.0 Å². The second-order valence-electron chi connectivity index (χ2n) is 14.3. The lowest BCUT2D eigenvalue weighted by molar-refractivity contribution is -0.154. The zero-order chi connectivity index (χ0) is 36.1. The van der Waals surface area contributed by atoms with Crippen molar-refractivity contribution in [1.82, 2.24) is 29.3 Å². The van der Waals surface area contributed by atoms with Crippen LogP contribution in [0.25, 0.3) is 33.6 Å². The van der Waals surface area contributed by atoms with Crippen molar-refractivity contribution in [2.24, 2.45) is 24.8 Å². The number of rotatable bonds is 9. The first-order valence-electron chi connectivity index (χ1n) is 18.4. The van der Waals surface area contributed by atoms with Gasteiger partial charge in [0.2, 0.25) is 0 Å². The quantitative estimate of drug-likeness (QED) is 0.120. The molecule has 53 heavy (non-hydrogen) atoms. The first-order valence-corrected chi connectivity index (χ1v) is 18.4. The smallest absolute Gasteiger partial charge is 0.311 e. The van der Waals surface area contributed by atoms with Crippen LogP contribution in [0.3, 0.4) is 0 Å². The van der Waals surface area contributed by atoms with Gasteiger partial charge >= 0.3 is 5.97 Å². The minimum atomic E-state index is -1.00. The fourth-order valence-electron chi connectivity index (χ4n) is 9.03. The lowest BCUT2D eigenvalue weighted by Crippen LogP contribution is -2.52. The maximum atomic E-state index is 15.3. The van der Waals surface area contributed by atoms with Gasteiger partial charge < -0.3 is 14.6 Å². The van der Waals surface area contributed by atoms with Gasteiger partial charge in [0, 0.05) is 19.3 Å². The topological polar surface area (TPSA) is 99.8 Å². The van der Waals surface area contributed by atoms with Crippen LogP contribution >= 0.6 is 0 Å². The number of carbonyl (C=O) groups excluding carboxylic acids is 1. The number of pyridine rings is 1. The summed E-state index contributed by atoms with van der Waals surface area (Å²) in [6.45, 7) is 2.20. The van der Waals surface area contributed by atoms with E-state index in [9.17, 15) is 4.79 Å². The number of nitrogens with one attached hydrogen (secondary N) is 1. The number of benzene rings is 3. The second kappa shape index (κ2) is 13.3. The average molecular weight is 706 g/mol. The number of carbonyl (C=O) groups is 1. The molecular weight excluding hydrogens is 666 g/mol. The fraction of sp³-hybridized carbons (Fsp3) is 0.279. The number of hydrogen-bond acceptors (Lipinski definition) is 7. The molecule has 0 saturated heterocycles. The summed E-state index contributed by atoms with van der Waals surface area (Å²) in [6, 6.07) is 33.9. The highest BCUT2D eigenvalue weighted by Crippen LogP contribution is 2.48. The number of fused-ring (bicyclic) bond motifs is 5. The van der Waals surface area contributed by atoms with Crippen LogP contribution in [0.5, 0.6) is 0 Å². The molecule has 2 bridgehead atoms. The van der Waals surface area contributed by atoms with Crippen LogP contribution in [0.2, 0.25) is 0 Å². The Morgan fingerprint density at radius 3 is 2.04 bits per heavy atom. The standard InChI is InChI=1S/C43H40FN7O2/c1-3-53-42(52)35-27-19-21-28(22-20-27)36(35)46-38-33-23-24-50(2)41(33)48-39(47-38)37-34-25-32(44)26-45-40(34)51(49-37)43(29-13-7-4-8-14-29,30-15-9-5-10-16-30)31-17-11-6-12-18-31/h4-18,23-28,35-36H,3,19-22H2,1-2H3,(H,46,47,48)/t27?,28?,35-,36-/m0/s1. The molecular formula is C43H40FN7O2. The monoisotopic (exact) mass is 705 g/mol. The normalized spacial score (nSPS) is 19.8. The molecule has 3 saturated carbocycles. The summed E-state index contributed by atoms with van der Waals surface area (Å²) in [5.41, 5.74) is 3.44. The van der Waals surface area contributed by atoms with Crippen molar-refractivity contribution < 1.29 is 13.9 Å². The molecule has 0 aliphatic heterocycles. The number of aryl methyl sites for hydroxylation is 1. The van der Waals surface area contributed by atoms with E-state index >= 15 is 4.39 Å². The van der Waals surface area contributed by atoms with Crippen LogP contribution in [0, 0.1) is 23.6 Å². The summed E-state index contributed by atoms with van der Waals surface area (Å²) in [4.78, 5) is 28.4. The Balaban J connectivity index is 1.28. The molecule has 3 aliphatic carbocycles. The highest BCUT2D eigenvalue weighted by Gasteiger charge is 2.48. The van der Waals surface area contributed by atoms with Gasteiger partial charge in [0.15, 0.2) is 11.5 Å². The average Bonchev–Trinajstić information content (AvgIpc) is 3.77. The Labute approximate surface area is 306 Å². The molecule has 10 heteroatoms. The summed E-state index contributed by atoms with van der Waals surface area (Å²) in [7, 11) is 1.94. The second-order valence-corrected chi connectivity index (χ2v) is 14.3. The molecule has 0 amide bonds. The van der Waals surface area contributed by atoms with Crippen LogP contribution in [0.15, 0.2) is 116 Å². The number of ether oxygens (including phenoxy) is 1. The summed E-state index contributed by atoms with van der Waals surface area (Å²) < 4.78 is 24.8. The van der Waals surface area contributed by atoms with Gasteiger partial charge in [-0.15, -0.1) is 0 Å². The number of nitrogens with zero attached hydrogens (tertiary/aromatic N) is 6. The van der Waals surface area contributed by atoms with Crippen LogP contribution in [0.4, 0.5) is 10.2 Å². The van der Waals surface area contributed by atoms with E-state index in [4.69, 9.17) is 24.8 Å². The molecule has 1 N–H and O–H groups in total. The molecule has 4 aromatic heterocycles. The zero-order valence-corrected chi connectivity index (χ0v) is 29.7. The third-order valence-electron chi connectivity index (χ3n) is 11.4. The van der Waals surface area contributed by atoms with Gasteiger partial charge in [-0.1, -0.05) is 91.0 Å². The third-order valence-corrected chi connectivity index (χ3v) is 11.4. The van der Waals surface area contributed by atoms with Crippen molar-refractivity contribution in [3.8, 4) is 11.5 Å². The molecule has 3 aliphatic rings. The van der Waals surface area contributed by atoms with Gasteiger partial charge in [-0.3, -0.25) is 4.79 Å². The summed E-state index contributed by atoms with van der Waals surface area (Å²) in [6.07, 6.45) is 7.33. The molecule has 266 valence electrons. The minimum Gasteiger partial charge on any atom is -0.466 e.